The first-order valence-corrected chi connectivity index (χ1v) is 6.36. The minimum atomic E-state index is 0.358. The van der Waals surface area contributed by atoms with Gasteiger partial charge < -0.3 is 15.2 Å². The van der Waals surface area contributed by atoms with E-state index in [-0.39, 0.29) is 0 Å². The fraction of sp³-hybridized carbons (Fsp3) is 0.143. The smallest absolute Gasteiger partial charge is 0.163 e. The molecule has 0 bridgehead atoms. The lowest BCUT2D eigenvalue weighted by molar-refractivity contribution is 0.285. The van der Waals surface area contributed by atoms with Gasteiger partial charge in [-0.15, -0.1) is 0 Å². The van der Waals surface area contributed by atoms with Crippen LogP contribution in [0.5, 0.6) is 11.5 Å². The maximum atomic E-state index is 5.95. The van der Waals surface area contributed by atoms with Crippen LogP contribution in [0.25, 0.3) is 0 Å². The number of anilines is 1. The van der Waals surface area contributed by atoms with E-state index in [9.17, 15) is 0 Å². The van der Waals surface area contributed by atoms with Crippen molar-refractivity contribution in [1.29, 1.82) is 0 Å². The summed E-state index contributed by atoms with van der Waals surface area (Å²) in [6, 6.07) is 10.6. The maximum Gasteiger partial charge on any atom is 0.163 e. The fourth-order valence-corrected chi connectivity index (χ4v) is 1.92. The summed E-state index contributed by atoms with van der Waals surface area (Å²) in [5.74, 6) is 1.22. The van der Waals surface area contributed by atoms with Crippen LogP contribution in [-0.2, 0) is 6.61 Å². The summed E-state index contributed by atoms with van der Waals surface area (Å²) in [5, 5.41) is 1.02. The van der Waals surface area contributed by atoms with Crippen molar-refractivity contribution in [3.05, 3.63) is 52.0 Å². The Morgan fingerprint density at radius 3 is 2.47 bits per heavy atom. The molecule has 100 valence electrons. The van der Waals surface area contributed by atoms with Crippen molar-refractivity contribution in [1.82, 2.24) is 0 Å². The van der Waals surface area contributed by atoms with Crippen LogP contribution < -0.4 is 15.2 Å². The molecule has 0 amide bonds. The van der Waals surface area contributed by atoms with Gasteiger partial charge in [-0.2, -0.15) is 0 Å². The van der Waals surface area contributed by atoms with E-state index >= 15 is 0 Å². The van der Waals surface area contributed by atoms with Crippen molar-refractivity contribution in [3.63, 3.8) is 0 Å². The number of rotatable bonds is 4. The van der Waals surface area contributed by atoms with Gasteiger partial charge in [-0.25, -0.2) is 0 Å². The zero-order valence-corrected chi connectivity index (χ0v) is 11.8. The number of halogens is 2. The summed E-state index contributed by atoms with van der Waals surface area (Å²) in [6.45, 7) is 0.358. The van der Waals surface area contributed by atoms with Crippen LogP contribution in [0.4, 0.5) is 5.69 Å². The Balaban J connectivity index is 2.13. The Labute approximate surface area is 121 Å². The molecule has 2 N–H and O–H groups in total. The average Bonchev–Trinajstić information content (AvgIpc) is 2.40. The molecule has 0 aliphatic rings. The maximum absolute atomic E-state index is 5.95. The molecule has 0 fully saturated rings. The van der Waals surface area contributed by atoms with Crippen LogP contribution >= 0.6 is 23.2 Å². The molecule has 0 aromatic heterocycles. The summed E-state index contributed by atoms with van der Waals surface area (Å²) in [5.41, 5.74) is 7.25. The number of ether oxygens (including phenoxy) is 2. The molecule has 0 heterocycles. The third-order valence-electron chi connectivity index (χ3n) is 2.57. The van der Waals surface area contributed by atoms with Crippen molar-refractivity contribution in [2.45, 2.75) is 6.61 Å². The average molecular weight is 298 g/mol. The second-order valence-corrected chi connectivity index (χ2v) is 4.76. The Kier molecular flexibility index (Phi) is 4.40. The first-order valence-electron chi connectivity index (χ1n) is 5.60. The van der Waals surface area contributed by atoms with Gasteiger partial charge in [-0.05, 0) is 29.8 Å². The molecule has 0 atom stereocenters. The van der Waals surface area contributed by atoms with Crippen LogP contribution in [0.15, 0.2) is 36.4 Å². The van der Waals surface area contributed by atoms with E-state index in [2.05, 4.69) is 0 Å². The van der Waals surface area contributed by atoms with E-state index in [4.69, 9.17) is 38.4 Å². The number of nitrogens with two attached hydrogens (primary N) is 1. The van der Waals surface area contributed by atoms with Crippen LogP contribution in [0.1, 0.15) is 5.56 Å². The highest BCUT2D eigenvalue weighted by molar-refractivity contribution is 6.42. The highest BCUT2D eigenvalue weighted by atomic mass is 35.5. The Hall–Kier alpha value is -1.58. The summed E-state index contributed by atoms with van der Waals surface area (Å²) in [6.07, 6.45) is 0. The van der Waals surface area contributed by atoms with Gasteiger partial charge in [0.15, 0.2) is 11.5 Å². The second kappa shape index (κ2) is 6.04. The van der Waals surface area contributed by atoms with E-state index in [1.807, 2.05) is 6.07 Å². The Morgan fingerprint density at radius 2 is 1.79 bits per heavy atom. The van der Waals surface area contributed by atoms with Crippen molar-refractivity contribution >= 4 is 28.9 Å². The number of hydrogen-bond donors (Lipinski definition) is 1. The van der Waals surface area contributed by atoms with Crippen molar-refractivity contribution in [2.75, 3.05) is 12.8 Å². The van der Waals surface area contributed by atoms with E-state index in [1.54, 1.807) is 37.4 Å². The van der Waals surface area contributed by atoms with Crippen molar-refractivity contribution in [2.24, 2.45) is 0 Å². The van der Waals surface area contributed by atoms with E-state index in [1.165, 1.54) is 0 Å². The predicted octanol–water partition coefficient (Wildman–Crippen LogP) is 4.16. The molecule has 0 unspecified atom stereocenters. The van der Waals surface area contributed by atoms with E-state index in [0.717, 1.165) is 5.56 Å². The number of methoxy groups -OCH3 is 1. The standard InChI is InChI=1S/C14H13Cl2NO2/c1-18-13-5-3-10(17)7-14(13)19-8-9-2-4-11(15)12(16)6-9/h2-7H,8,17H2,1H3. The quantitative estimate of drug-likeness (QED) is 0.862. The zero-order chi connectivity index (χ0) is 13.8. The largest absolute Gasteiger partial charge is 0.493 e. The number of hydrogen-bond acceptors (Lipinski definition) is 3. The van der Waals surface area contributed by atoms with Gasteiger partial charge in [0, 0.05) is 11.8 Å². The molecule has 19 heavy (non-hydrogen) atoms. The normalized spacial score (nSPS) is 10.3. The van der Waals surface area contributed by atoms with Crippen molar-refractivity contribution < 1.29 is 9.47 Å². The summed E-state index contributed by atoms with van der Waals surface area (Å²) in [4.78, 5) is 0. The topological polar surface area (TPSA) is 44.5 Å². The number of benzene rings is 2. The molecule has 5 heteroatoms. The first-order chi connectivity index (χ1) is 9.10. The molecular formula is C14H13Cl2NO2. The molecule has 0 radical (unpaired) electrons. The van der Waals surface area contributed by atoms with Gasteiger partial charge >= 0.3 is 0 Å². The predicted molar refractivity (Wildman–Crippen MR) is 78.2 cm³/mol. The molecule has 0 saturated carbocycles. The van der Waals surface area contributed by atoms with Crippen LogP contribution in [-0.4, -0.2) is 7.11 Å². The van der Waals surface area contributed by atoms with Crippen LogP contribution in [0.2, 0.25) is 10.0 Å². The summed E-state index contributed by atoms with van der Waals surface area (Å²) in [7, 11) is 1.58. The van der Waals surface area contributed by atoms with E-state index in [0.29, 0.717) is 33.8 Å². The Bertz CT molecular complexity index is 588. The Morgan fingerprint density at radius 1 is 1.00 bits per heavy atom. The highest BCUT2D eigenvalue weighted by Crippen LogP contribution is 2.30. The second-order valence-electron chi connectivity index (χ2n) is 3.95. The molecule has 0 saturated heterocycles. The van der Waals surface area contributed by atoms with E-state index < -0.39 is 0 Å². The molecule has 0 aliphatic carbocycles. The van der Waals surface area contributed by atoms with Gasteiger partial charge in [0.05, 0.1) is 17.2 Å². The minimum absolute atomic E-state index is 0.358. The zero-order valence-electron chi connectivity index (χ0n) is 10.3. The monoisotopic (exact) mass is 297 g/mol. The lowest BCUT2D eigenvalue weighted by Crippen LogP contribution is -1.98. The molecule has 0 aliphatic heterocycles. The lowest BCUT2D eigenvalue weighted by atomic mass is 10.2. The van der Waals surface area contributed by atoms with Crippen LogP contribution in [0, 0.1) is 0 Å². The van der Waals surface area contributed by atoms with Crippen molar-refractivity contribution in [3.8, 4) is 11.5 Å². The highest BCUT2D eigenvalue weighted by Gasteiger charge is 2.06. The van der Waals surface area contributed by atoms with Crippen LogP contribution in [0.3, 0.4) is 0 Å². The molecule has 2 aromatic rings. The molecule has 2 aromatic carbocycles. The number of nitrogen functional groups attached to an aromatic ring is 1. The molecule has 0 spiro atoms. The van der Waals surface area contributed by atoms with Gasteiger partial charge in [-0.3, -0.25) is 0 Å². The minimum Gasteiger partial charge on any atom is -0.493 e. The van der Waals surface area contributed by atoms with Gasteiger partial charge in [0.25, 0.3) is 0 Å². The van der Waals surface area contributed by atoms with Gasteiger partial charge in [0.1, 0.15) is 6.61 Å². The summed E-state index contributed by atoms with van der Waals surface area (Å²) < 4.78 is 10.9. The molecule has 3 nitrogen and oxygen atoms in total. The molecule has 2 rings (SSSR count). The molecular weight excluding hydrogens is 285 g/mol. The lowest BCUT2D eigenvalue weighted by Gasteiger charge is -2.11. The fourth-order valence-electron chi connectivity index (χ4n) is 1.60. The third-order valence-corrected chi connectivity index (χ3v) is 3.31. The first kappa shape index (κ1) is 13.8. The van der Waals surface area contributed by atoms with Gasteiger partial charge in [0.2, 0.25) is 0 Å². The third kappa shape index (κ3) is 3.46. The summed E-state index contributed by atoms with van der Waals surface area (Å²) >= 11 is 11.8. The SMILES string of the molecule is COc1ccc(N)cc1OCc1ccc(Cl)c(Cl)c1. The van der Waals surface area contributed by atoms with Gasteiger partial charge in [-0.1, -0.05) is 29.3 Å².